The second-order valence-corrected chi connectivity index (χ2v) is 7.93. The third kappa shape index (κ3) is 4.65. The van der Waals surface area contributed by atoms with Gasteiger partial charge in [-0.1, -0.05) is 32.9 Å². The summed E-state index contributed by atoms with van der Waals surface area (Å²) >= 11 is 0. The van der Waals surface area contributed by atoms with Crippen LogP contribution < -0.4 is 10.1 Å². The van der Waals surface area contributed by atoms with E-state index in [0.29, 0.717) is 11.4 Å². The summed E-state index contributed by atoms with van der Waals surface area (Å²) in [4.78, 5) is 11.7. The van der Waals surface area contributed by atoms with Gasteiger partial charge in [-0.25, -0.2) is 9.48 Å². The van der Waals surface area contributed by atoms with Crippen LogP contribution in [-0.2, 0) is 11.6 Å². The number of nitrogens with one attached hydrogen (secondary N) is 1. The molecule has 2 N–H and O–H groups in total. The van der Waals surface area contributed by atoms with Gasteiger partial charge < -0.3 is 15.2 Å². The number of anilines is 2. The number of para-hydroxylation sites is 1. The number of ether oxygens (including phenoxy) is 1. The summed E-state index contributed by atoms with van der Waals surface area (Å²) in [5, 5.41) is 16.9. The molecular weight excluding hydrogens is 411 g/mol. The zero-order chi connectivity index (χ0) is 23.0. The van der Waals surface area contributed by atoms with Crippen molar-refractivity contribution in [2.75, 3.05) is 12.4 Å². The second kappa shape index (κ2) is 7.98. The Hall–Kier alpha value is -3.49. The smallest absolute Gasteiger partial charge is 0.418 e. The Morgan fingerprint density at radius 3 is 2.35 bits per heavy atom. The lowest BCUT2D eigenvalue weighted by atomic mass is 9.92. The van der Waals surface area contributed by atoms with E-state index in [2.05, 4.69) is 10.4 Å². The van der Waals surface area contributed by atoms with Crippen LogP contribution in [0.5, 0.6) is 5.75 Å². The summed E-state index contributed by atoms with van der Waals surface area (Å²) in [5.41, 5.74) is -0.830. The summed E-state index contributed by atoms with van der Waals surface area (Å²) < 4.78 is 47.1. The van der Waals surface area contributed by atoms with E-state index in [4.69, 9.17) is 4.74 Å². The first kappa shape index (κ1) is 22.2. The fraction of sp³-hybridized carbons (Fsp3) is 0.273. The number of rotatable bonds is 5. The highest BCUT2D eigenvalue weighted by Gasteiger charge is 2.35. The largest absolute Gasteiger partial charge is 0.497 e. The lowest BCUT2D eigenvalue weighted by Crippen LogP contribution is -2.15. The molecule has 3 rings (SSSR count). The minimum atomic E-state index is -4.59. The van der Waals surface area contributed by atoms with Crippen LogP contribution in [0.1, 0.15) is 42.4 Å². The summed E-state index contributed by atoms with van der Waals surface area (Å²) in [5.74, 6) is -0.664. The van der Waals surface area contributed by atoms with Gasteiger partial charge in [-0.15, -0.1) is 0 Å². The third-order valence-corrected chi connectivity index (χ3v) is 4.64. The Morgan fingerprint density at radius 2 is 1.77 bits per heavy atom. The maximum absolute atomic E-state index is 13.6. The highest BCUT2D eigenvalue weighted by atomic mass is 19.4. The standard InChI is InChI=1S/C22H22F3N3O3/c1-21(2,3)18-12-19(26-16-10-9-13(31-4)11-14(16)20(29)30)28(27-18)17-8-6-5-7-15(17)22(23,24)25/h5-12,26H,1-4H3,(H,29,30). The van der Waals surface area contributed by atoms with Crippen LogP contribution in [0, 0.1) is 0 Å². The zero-order valence-electron chi connectivity index (χ0n) is 17.4. The van der Waals surface area contributed by atoms with Crippen molar-refractivity contribution < 1.29 is 27.8 Å². The second-order valence-electron chi connectivity index (χ2n) is 7.93. The molecule has 0 aliphatic heterocycles. The van der Waals surface area contributed by atoms with E-state index < -0.39 is 23.1 Å². The number of alkyl halides is 3. The Kier molecular flexibility index (Phi) is 5.71. The maximum atomic E-state index is 13.6. The molecule has 1 aromatic heterocycles. The fourth-order valence-corrected chi connectivity index (χ4v) is 2.99. The number of carboxylic acids is 1. The van der Waals surface area contributed by atoms with E-state index in [1.807, 2.05) is 20.8 Å². The molecule has 0 unspecified atom stereocenters. The van der Waals surface area contributed by atoms with Gasteiger partial charge in [0.15, 0.2) is 0 Å². The third-order valence-electron chi connectivity index (χ3n) is 4.64. The minimum Gasteiger partial charge on any atom is -0.497 e. The first-order valence-corrected chi connectivity index (χ1v) is 9.37. The van der Waals surface area contributed by atoms with Gasteiger partial charge in [-0.05, 0) is 30.3 Å². The van der Waals surface area contributed by atoms with E-state index in [-0.39, 0.29) is 22.8 Å². The molecule has 0 aliphatic rings. The average Bonchev–Trinajstić information content (AvgIpc) is 3.11. The molecule has 0 saturated heterocycles. The molecule has 0 saturated carbocycles. The molecule has 0 aliphatic carbocycles. The van der Waals surface area contributed by atoms with Gasteiger partial charge in [-0.3, -0.25) is 0 Å². The van der Waals surface area contributed by atoms with Gasteiger partial charge in [0, 0.05) is 11.5 Å². The van der Waals surface area contributed by atoms with Crippen LogP contribution in [-0.4, -0.2) is 28.0 Å². The summed E-state index contributed by atoms with van der Waals surface area (Å²) in [6.07, 6.45) is -4.59. The van der Waals surface area contributed by atoms with Crippen LogP contribution in [0.2, 0.25) is 0 Å². The molecule has 0 bridgehead atoms. The molecule has 164 valence electrons. The van der Waals surface area contributed by atoms with Crippen molar-refractivity contribution in [2.24, 2.45) is 0 Å². The number of hydrogen-bond acceptors (Lipinski definition) is 4. The molecule has 0 radical (unpaired) electrons. The topological polar surface area (TPSA) is 76.4 Å². The number of carbonyl (C=O) groups is 1. The Balaban J connectivity index is 2.20. The number of methoxy groups -OCH3 is 1. The Labute approximate surface area is 177 Å². The highest BCUT2D eigenvalue weighted by Crippen LogP contribution is 2.37. The predicted octanol–water partition coefficient (Wildman–Crippen LogP) is 5.64. The number of hydrogen-bond donors (Lipinski definition) is 2. The van der Waals surface area contributed by atoms with Gasteiger partial charge in [-0.2, -0.15) is 18.3 Å². The van der Waals surface area contributed by atoms with Crippen LogP contribution in [0.25, 0.3) is 5.69 Å². The van der Waals surface area contributed by atoms with E-state index >= 15 is 0 Å². The van der Waals surface area contributed by atoms with Crippen molar-refractivity contribution in [3.8, 4) is 11.4 Å². The molecule has 9 heteroatoms. The van der Waals surface area contributed by atoms with E-state index in [1.165, 1.54) is 37.4 Å². The highest BCUT2D eigenvalue weighted by molar-refractivity contribution is 5.95. The molecule has 0 atom stereocenters. The number of carboxylic acid groups (broad SMARTS) is 1. The lowest BCUT2D eigenvalue weighted by molar-refractivity contribution is -0.137. The van der Waals surface area contributed by atoms with E-state index in [0.717, 1.165) is 10.7 Å². The van der Waals surface area contributed by atoms with Crippen LogP contribution in [0.3, 0.4) is 0 Å². The quantitative estimate of drug-likeness (QED) is 0.545. The van der Waals surface area contributed by atoms with Crippen molar-refractivity contribution in [1.82, 2.24) is 9.78 Å². The number of benzene rings is 2. The SMILES string of the molecule is COc1ccc(Nc2cc(C(C)(C)C)nn2-c2ccccc2C(F)(F)F)c(C(=O)O)c1. The first-order chi connectivity index (χ1) is 14.4. The minimum absolute atomic E-state index is 0.0893. The van der Waals surface area contributed by atoms with E-state index in [1.54, 1.807) is 12.1 Å². The normalized spacial score (nSPS) is 12.0. The van der Waals surface area contributed by atoms with Gasteiger partial charge in [0.05, 0.1) is 35.3 Å². The molecular formula is C22H22F3N3O3. The lowest BCUT2D eigenvalue weighted by Gasteiger charge is -2.17. The number of aromatic carboxylic acids is 1. The van der Waals surface area contributed by atoms with Crippen LogP contribution >= 0.6 is 0 Å². The summed E-state index contributed by atoms with van der Waals surface area (Å²) in [6.45, 7) is 5.65. The Bertz CT molecular complexity index is 1120. The average molecular weight is 433 g/mol. The van der Waals surface area contributed by atoms with Crippen molar-refractivity contribution in [3.05, 3.63) is 65.4 Å². The van der Waals surface area contributed by atoms with Crippen molar-refractivity contribution in [3.63, 3.8) is 0 Å². The molecule has 31 heavy (non-hydrogen) atoms. The predicted molar refractivity (Wildman–Crippen MR) is 111 cm³/mol. The molecule has 0 fully saturated rings. The molecule has 6 nitrogen and oxygen atoms in total. The number of aromatic nitrogens is 2. The molecule has 2 aromatic carbocycles. The molecule has 3 aromatic rings. The molecule has 1 heterocycles. The van der Waals surface area contributed by atoms with Gasteiger partial charge in [0.1, 0.15) is 11.6 Å². The maximum Gasteiger partial charge on any atom is 0.418 e. The summed E-state index contributed by atoms with van der Waals surface area (Å²) in [6, 6.07) is 11.1. The zero-order valence-corrected chi connectivity index (χ0v) is 17.4. The fourth-order valence-electron chi connectivity index (χ4n) is 2.99. The Morgan fingerprint density at radius 1 is 1.10 bits per heavy atom. The van der Waals surface area contributed by atoms with Crippen molar-refractivity contribution >= 4 is 17.5 Å². The van der Waals surface area contributed by atoms with Crippen LogP contribution in [0.4, 0.5) is 24.7 Å². The number of nitrogens with zero attached hydrogens (tertiary/aromatic N) is 2. The first-order valence-electron chi connectivity index (χ1n) is 9.37. The summed E-state index contributed by atoms with van der Waals surface area (Å²) in [7, 11) is 1.41. The monoisotopic (exact) mass is 433 g/mol. The van der Waals surface area contributed by atoms with E-state index in [9.17, 15) is 23.1 Å². The molecule has 0 spiro atoms. The van der Waals surface area contributed by atoms with Gasteiger partial charge in [0.25, 0.3) is 0 Å². The number of halogens is 3. The van der Waals surface area contributed by atoms with Gasteiger partial charge >= 0.3 is 12.1 Å². The van der Waals surface area contributed by atoms with Crippen LogP contribution in [0.15, 0.2) is 48.5 Å². The van der Waals surface area contributed by atoms with Crippen molar-refractivity contribution in [2.45, 2.75) is 32.4 Å². The van der Waals surface area contributed by atoms with Gasteiger partial charge in [0.2, 0.25) is 0 Å². The van der Waals surface area contributed by atoms with Crippen molar-refractivity contribution in [1.29, 1.82) is 0 Å². The molecule has 0 amide bonds.